The van der Waals surface area contributed by atoms with Gasteiger partial charge in [0.15, 0.2) is 11.1 Å². The number of aliphatic imine (C=N–C) groups is 2. The molecule has 24 heavy (non-hydrogen) atoms. The Balaban J connectivity index is 1.99. The number of amides is 2. The number of aryl methyl sites for hydroxylation is 1. The number of non-ortho nitro benzene ring substituents is 1. The van der Waals surface area contributed by atoms with Crippen LogP contribution in [0.25, 0.3) is 0 Å². The second-order valence-electron chi connectivity index (χ2n) is 4.88. The lowest BCUT2D eigenvalue weighted by Crippen LogP contribution is -2.23. The molecule has 1 aromatic carbocycles. The number of rotatable bonds is 4. The van der Waals surface area contributed by atoms with E-state index in [9.17, 15) is 19.7 Å². The molecule has 0 bridgehead atoms. The van der Waals surface area contributed by atoms with Crippen molar-refractivity contribution >= 4 is 46.1 Å². The summed E-state index contributed by atoms with van der Waals surface area (Å²) in [6, 6.07) is 4.08. The summed E-state index contributed by atoms with van der Waals surface area (Å²) in [6.45, 7) is 1.64. The Morgan fingerprint density at radius 1 is 1.50 bits per heavy atom. The van der Waals surface area contributed by atoms with Gasteiger partial charge in [-0.3, -0.25) is 19.7 Å². The minimum absolute atomic E-state index is 0.0673. The van der Waals surface area contributed by atoms with Gasteiger partial charge in [-0.15, -0.1) is 0 Å². The van der Waals surface area contributed by atoms with Gasteiger partial charge in [0.2, 0.25) is 5.91 Å². The number of benzene rings is 1. The van der Waals surface area contributed by atoms with Gasteiger partial charge in [-0.25, -0.2) is 0 Å². The second kappa shape index (κ2) is 7.08. The molecule has 0 radical (unpaired) electrons. The maximum absolute atomic E-state index is 12.1. The monoisotopic (exact) mass is 350 g/mol. The van der Waals surface area contributed by atoms with E-state index in [1.165, 1.54) is 18.2 Å². The zero-order chi connectivity index (χ0) is 17.9. The van der Waals surface area contributed by atoms with Crippen LogP contribution in [-0.4, -0.2) is 33.1 Å². The van der Waals surface area contributed by atoms with Crippen LogP contribution < -0.4 is 16.8 Å². The fourth-order valence-electron chi connectivity index (χ4n) is 1.93. The highest BCUT2D eigenvalue weighted by Gasteiger charge is 2.30. The number of thioether (sulfide) groups is 1. The number of nitro groups is 1. The molecule has 1 aromatic rings. The van der Waals surface area contributed by atoms with Crippen LogP contribution in [0.2, 0.25) is 0 Å². The van der Waals surface area contributed by atoms with E-state index in [1.54, 1.807) is 6.92 Å². The Labute approximate surface area is 140 Å². The summed E-state index contributed by atoms with van der Waals surface area (Å²) >= 11 is 0.999. The van der Waals surface area contributed by atoms with Gasteiger partial charge in [0.05, 0.1) is 4.92 Å². The average Bonchev–Trinajstić information content (AvgIpc) is 2.79. The van der Waals surface area contributed by atoms with Crippen molar-refractivity contribution in [1.82, 2.24) is 0 Å². The van der Waals surface area contributed by atoms with E-state index in [4.69, 9.17) is 11.5 Å². The molecule has 0 spiro atoms. The molecule has 0 saturated heterocycles. The van der Waals surface area contributed by atoms with Gasteiger partial charge in [-0.05, 0) is 18.6 Å². The molecule has 1 unspecified atom stereocenters. The molecule has 0 aliphatic carbocycles. The van der Waals surface area contributed by atoms with Crippen LogP contribution in [0.15, 0.2) is 28.2 Å². The standard InChI is InChI=1S/C13H14N6O4S/c1-6-4-7(19(22)23)2-3-8(6)16-10(20)5-9-11(21)17-13(24-9)18-12(14)15/h2-4,9H,5H2,1H3,(H,16,20)(H4,14,15,17,18,21). The van der Waals surface area contributed by atoms with E-state index in [0.717, 1.165) is 11.8 Å². The zero-order valence-corrected chi connectivity index (χ0v) is 13.4. The number of nitrogens with one attached hydrogen (secondary N) is 1. The van der Waals surface area contributed by atoms with E-state index in [1.807, 2.05) is 0 Å². The van der Waals surface area contributed by atoms with Gasteiger partial charge >= 0.3 is 0 Å². The van der Waals surface area contributed by atoms with Crippen LogP contribution in [0.1, 0.15) is 12.0 Å². The molecule has 126 valence electrons. The van der Waals surface area contributed by atoms with Crippen molar-refractivity contribution in [2.75, 3.05) is 5.32 Å². The summed E-state index contributed by atoms with van der Waals surface area (Å²) in [5.41, 5.74) is 11.3. The topological polar surface area (TPSA) is 166 Å². The number of nitro benzene ring substituents is 1. The summed E-state index contributed by atoms with van der Waals surface area (Å²) < 4.78 is 0. The number of nitrogens with two attached hydrogens (primary N) is 2. The van der Waals surface area contributed by atoms with Gasteiger partial charge in [0, 0.05) is 24.2 Å². The summed E-state index contributed by atoms with van der Waals surface area (Å²) in [5.74, 6) is -1.13. The predicted octanol–water partition coefficient (Wildman–Crippen LogP) is 0.503. The lowest BCUT2D eigenvalue weighted by Gasteiger charge is -2.10. The molecular weight excluding hydrogens is 336 g/mol. The van der Waals surface area contributed by atoms with Crippen molar-refractivity contribution in [1.29, 1.82) is 0 Å². The van der Waals surface area contributed by atoms with Gasteiger partial charge in [0.1, 0.15) is 5.25 Å². The summed E-state index contributed by atoms with van der Waals surface area (Å²) in [6.07, 6.45) is -0.118. The van der Waals surface area contributed by atoms with Crippen LogP contribution >= 0.6 is 11.8 Å². The molecule has 1 aliphatic heterocycles. The molecule has 10 nitrogen and oxygen atoms in total. The van der Waals surface area contributed by atoms with Crippen LogP contribution in [-0.2, 0) is 9.59 Å². The highest BCUT2D eigenvalue weighted by atomic mass is 32.2. The first-order valence-corrected chi connectivity index (χ1v) is 7.58. The van der Waals surface area contributed by atoms with Crippen molar-refractivity contribution in [2.24, 2.45) is 21.5 Å². The molecule has 0 saturated carbocycles. The molecule has 5 N–H and O–H groups in total. The summed E-state index contributed by atoms with van der Waals surface area (Å²) in [7, 11) is 0. The number of hydrogen-bond acceptors (Lipinski definition) is 6. The minimum Gasteiger partial charge on any atom is -0.370 e. The quantitative estimate of drug-likeness (QED) is 0.307. The third-order valence-electron chi connectivity index (χ3n) is 3.02. The molecule has 11 heteroatoms. The predicted molar refractivity (Wildman–Crippen MR) is 90.7 cm³/mol. The number of anilines is 1. The van der Waals surface area contributed by atoms with E-state index in [2.05, 4.69) is 15.3 Å². The van der Waals surface area contributed by atoms with Gasteiger partial charge in [0.25, 0.3) is 11.6 Å². The molecule has 2 amide bonds. The van der Waals surface area contributed by atoms with E-state index in [-0.39, 0.29) is 23.2 Å². The van der Waals surface area contributed by atoms with Crippen LogP contribution in [0.3, 0.4) is 0 Å². The largest absolute Gasteiger partial charge is 0.370 e. The Hall–Kier alpha value is -2.95. The number of carbonyl (C=O) groups excluding carboxylic acids is 2. The average molecular weight is 350 g/mol. The van der Waals surface area contributed by atoms with E-state index < -0.39 is 22.0 Å². The smallest absolute Gasteiger partial charge is 0.269 e. The number of hydrogen-bond donors (Lipinski definition) is 3. The SMILES string of the molecule is Cc1cc([N+](=O)[O-])ccc1NC(=O)CC1SC(N=C(N)N)=NC1=O. The third kappa shape index (κ3) is 4.29. The molecule has 1 atom stereocenters. The Morgan fingerprint density at radius 2 is 2.21 bits per heavy atom. The van der Waals surface area contributed by atoms with Crippen LogP contribution in [0.5, 0.6) is 0 Å². The van der Waals surface area contributed by atoms with Gasteiger partial charge < -0.3 is 16.8 Å². The first-order valence-electron chi connectivity index (χ1n) is 6.70. The van der Waals surface area contributed by atoms with Crippen molar-refractivity contribution in [2.45, 2.75) is 18.6 Å². The van der Waals surface area contributed by atoms with Crippen LogP contribution in [0, 0.1) is 17.0 Å². The van der Waals surface area contributed by atoms with Gasteiger partial charge in [-0.1, -0.05) is 11.8 Å². The Bertz CT molecular complexity index is 772. The number of carbonyl (C=O) groups is 2. The van der Waals surface area contributed by atoms with E-state index >= 15 is 0 Å². The maximum Gasteiger partial charge on any atom is 0.269 e. The molecular formula is C13H14N6O4S. The number of amidine groups is 1. The Morgan fingerprint density at radius 3 is 2.79 bits per heavy atom. The van der Waals surface area contributed by atoms with Crippen molar-refractivity contribution < 1.29 is 14.5 Å². The fourth-order valence-corrected chi connectivity index (χ4v) is 2.88. The molecule has 1 heterocycles. The molecule has 2 rings (SSSR count). The highest BCUT2D eigenvalue weighted by Crippen LogP contribution is 2.27. The highest BCUT2D eigenvalue weighted by molar-refractivity contribution is 8.15. The van der Waals surface area contributed by atoms with Crippen molar-refractivity contribution in [3.63, 3.8) is 0 Å². The first kappa shape index (κ1) is 17.4. The molecule has 0 aromatic heterocycles. The lowest BCUT2D eigenvalue weighted by atomic mass is 10.1. The van der Waals surface area contributed by atoms with Gasteiger partial charge in [-0.2, -0.15) is 9.98 Å². The zero-order valence-electron chi connectivity index (χ0n) is 12.6. The summed E-state index contributed by atoms with van der Waals surface area (Å²) in [5, 5.41) is 12.7. The molecule has 1 aliphatic rings. The second-order valence-corrected chi connectivity index (χ2v) is 6.05. The minimum atomic E-state index is -0.707. The normalized spacial score (nSPS) is 16.5. The Kier molecular flexibility index (Phi) is 5.14. The third-order valence-corrected chi connectivity index (χ3v) is 4.07. The van der Waals surface area contributed by atoms with Crippen molar-refractivity contribution in [3.8, 4) is 0 Å². The number of guanidine groups is 1. The van der Waals surface area contributed by atoms with Crippen LogP contribution in [0.4, 0.5) is 11.4 Å². The summed E-state index contributed by atoms with van der Waals surface area (Å²) in [4.78, 5) is 41.3. The molecule has 0 fully saturated rings. The fraction of sp³-hybridized carbons (Fsp3) is 0.231. The lowest BCUT2D eigenvalue weighted by molar-refractivity contribution is -0.384. The van der Waals surface area contributed by atoms with E-state index in [0.29, 0.717) is 11.3 Å². The number of nitrogens with zero attached hydrogens (tertiary/aromatic N) is 3. The van der Waals surface area contributed by atoms with Crippen molar-refractivity contribution in [3.05, 3.63) is 33.9 Å². The maximum atomic E-state index is 12.1. The first-order chi connectivity index (χ1) is 11.3.